The highest BCUT2D eigenvalue weighted by atomic mass is 32.2. The molecule has 31 heavy (non-hydrogen) atoms. The number of benzene rings is 2. The lowest BCUT2D eigenvalue weighted by Gasteiger charge is -2.37. The summed E-state index contributed by atoms with van der Waals surface area (Å²) in [6.07, 6.45) is 1.58. The third-order valence-corrected chi connectivity index (χ3v) is 7.68. The Morgan fingerprint density at radius 1 is 0.935 bits per heavy atom. The minimum atomic E-state index is -3.69. The van der Waals surface area contributed by atoms with Crippen molar-refractivity contribution in [3.05, 3.63) is 65.7 Å². The van der Waals surface area contributed by atoms with Gasteiger partial charge in [-0.05, 0) is 30.5 Å². The van der Waals surface area contributed by atoms with Gasteiger partial charge in [0.25, 0.3) is 10.0 Å². The number of carbonyl (C=O) groups is 1. The number of carbonyl (C=O) groups excluding carboxylic acids is 1. The van der Waals surface area contributed by atoms with E-state index in [1.807, 2.05) is 34.1 Å². The van der Waals surface area contributed by atoms with Crippen LogP contribution in [0.15, 0.2) is 63.9 Å². The molecule has 3 heterocycles. The van der Waals surface area contributed by atoms with Crippen LogP contribution in [0, 0.1) is 0 Å². The molecular formula is C23H26N4O3S. The molecule has 0 radical (unpaired) electrons. The lowest BCUT2D eigenvalue weighted by molar-refractivity contribution is -0.136. The number of fused-ring (bicyclic) bond motifs is 1. The third-order valence-electron chi connectivity index (χ3n) is 6.36. The summed E-state index contributed by atoms with van der Waals surface area (Å²) in [5.74, 6) is 0.510. The number of amides is 1. The molecule has 0 unspecified atom stereocenters. The molecule has 2 saturated heterocycles. The molecule has 0 bridgehead atoms. The summed E-state index contributed by atoms with van der Waals surface area (Å²) >= 11 is 0. The summed E-state index contributed by atoms with van der Waals surface area (Å²) in [7, 11) is -3.69. The molecule has 3 aliphatic heterocycles. The molecule has 0 N–H and O–H groups in total. The van der Waals surface area contributed by atoms with Gasteiger partial charge in [0.2, 0.25) is 5.91 Å². The van der Waals surface area contributed by atoms with Crippen LogP contribution in [0.4, 0.5) is 0 Å². The van der Waals surface area contributed by atoms with E-state index in [1.165, 1.54) is 5.56 Å². The van der Waals surface area contributed by atoms with E-state index >= 15 is 0 Å². The number of amidine groups is 1. The van der Waals surface area contributed by atoms with E-state index in [2.05, 4.69) is 21.4 Å². The highest BCUT2D eigenvalue weighted by molar-refractivity contribution is 7.90. The van der Waals surface area contributed by atoms with Crippen molar-refractivity contribution in [2.45, 2.75) is 30.3 Å². The number of hydrogen-bond acceptors (Lipinski definition) is 5. The fourth-order valence-corrected chi connectivity index (χ4v) is 5.97. The van der Waals surface area contributed by atoms with Gasteiger partial charge < -0.3 is 9.80 Å². The third kappa shape index (κ3) is 3.85. The van der Waals surface area contributed by atoms with Crippen LogP contribution < -0.4 is 0 Å². The van der Waals surface area contributed by atoms with Crippen molar-refractivity contribution in [3.8, 4) is 0 Å². The number of rotatable bonds is 3. The Balaban J connectivity index is 1.27. The number of nitrogens with zero attached hydrogens (tertiary/aromatic N) is 4. The molecule has 5 rings (SSSR count). The smallest absolute Gasteiger partial charge is 0.285 e. The zero-order chi connectivity index (χ0) is 21.4. The van der Waals surface area contributed by atoms with E-state index in [-0.39, 0.29) is 16.8 Å². The van der Waals surface area contributed by atoms with Gasteiger partial charge in [-0.2, -0.15) is 8.42 Å². The van der Waals surface area contributed by atoms with Gasteiger partial charge in [0, 0.05) is 44.8 Å². The predicted octanol–water partition coefficient (Wildman–Crippen LogP) is 1.94. The van der Waals surface area contributed by atoms with Gasteiger partial charge in [-0.25, -0.2) is 0 Å². The van der Waals surface area contributed by atoms with Crippen LogP contribution in [0.5, 0.6) is 0 Å². The van der Waals surface area contributed by atoms with E-state index in [9.17, 15) is 13.2 Å². The van der Waals surface area contributed by atoms with Crippen molar-refractivity contribution < 1.29 is 13.2 Å². The summed E-state index contributed by atoms with van der Waals surface area (Å²) in [6, 6.07) is 16.9. The van der Waals surface area contributed by atoms with Crippen molar-refractivity contribution in [1.29, 1.82) is 0 Å². The molecule has 0 aromatic heterocycles. The second-order valence-corrected chi connectivity index (χ2v) is 9.90. The maximum absolute atomic E-state index is 13.4. The molecule has 1 atom stereocenters. The minimum Gasteiger partial charge on any atom is -0.343 e. The summed E-state index contributed by atoms with van der Waals surface area (Å²) in [4.78, 5) is 19.8. The second-order valence-electron chi connectivity index (χ2n) is 8.32. The molecule has 162 valence electrons. The summed E-state index contributed by atoms with van der Waals surface area (Å²) in [6.45, 7) is 4.60. The molecule has 2 aromatic carbocycles. The van der Waals surface area contributed by atoms with Crippen molar-refractivity contribution in [3.63, 3.8) is 0 Å². The van der Waals surface area contributed by atoms with Crippen LogP contribution in [0.2, 0.25) is 0 Å². The Morgan fingerprint density at radius 2 is 1.65 bits per heavy atom. The SMILES string of the molecule is O=C([C@@H]1CCCN1C1=NS(=O)(=O)c2ccccc21)N1CCN(Cc2ccccc2)CC1. The van der Waals surface area contributed by atoms with Gasteiger partial charge in [0.1, 0.15) is 10.9 Å². The second kappa shape index (κ2) is 8.09. The van der Waals surface area contributed by atoms with Crippen LogP contribution in [0.1, 0.15) is 24.0 Å². The first-order valence-electron chi connectivity index (χ1n) is 10.8. The average molecular weight is 439 g/mol. The van der Waals surface area contributed by atoms with Crippen molar-refractivity contribution in [1.82, 2.24) is 14.7 Å². The molecule has 0 aliphatic carbocycles. The van der Waals surface area contributed by atoms with Crippen LogP contribution in [-0.2, 0) is 21.4 Å². The Bertz CT molecular complexity index is 1110. The Labute approximate surface area is 183 Å². The predicted molar refractivity (Wildman–Crippen MR) is 118 cm³/mol. The molecule has 8 heteroatoms. The van der Waals surface area contributed by atoms with Crippen LogP contribution in [0.3, 0.4) is 0 Å². The summed E-state index contributed by atoms with van der Waals surface area (Å²) < 4.78 is 29.0. The molecule has 7 nitrogen and oxygen atoms in total. The van der Waals surface area contributed by atoms with Crippen LogP contribution >= 0.6 is 0 Å². The van der Waals surface area contributed by atoms with Gasteiger partial charge >= 0.3 is 0 Å². The molecule has 0 spiro atoms. The maximum atomic E-state index is 13.4. The Kier molecular flexibility index (Phi) is 5.27. The average Bonchev–Trinajstić information content (AvgIpc) is 3.37. The minimum absolute atomic E-state index is 0.0846. The van der Waals surface area contributed by atoms with Gasteiger partial charge in [-0.1, -0.05) is 42.5 Å². The molecule has 2 fully saturated rings. The monoisotopic (exact) mass is 438 g/mol. The van der Waals surface area contributed by atoms with Gasteiger partial charge in [0.05, 0.1) is 0 Å². The summed E-state index contributed by atoms with van der Waals surface area (Å²) in [5, 5.41) is 0. The lowest BCUT2D eigenvalue weighted by Crippen LogP contribution is -2.54. The molecule has 1 amide bonds. The van der Waals surface area contributed by atoms with Crippen LogP contribution in [0.25, 0.3) is 0 Å². The zero-order valence-electron chi connectivity index (χ0n) is 17.4. The van der Waals surface area contributed by atoms with E-state index < -0.39 is 10.0 Å². The van der Waals surface area contributed by atoms with E-state index in [0.717, 1.165) is 32.5 Å². The van der Waals surface area contributed by atoms with E-state index in [0.29, 0.717) is 31.0 Å². The fourth-order valence-electron chi connectivity index (χ4n) is 4.75. The normalized spacial score (nSPS) is 23.0. The first kappa shape index (κ1) is 20.2. The molecule has 2 aromatic rings. The molecular weight excluding hydrogens is 412 g/mol. The number of piperazine rings is 1. The quantitative estimate of drug-likeness (QED) is 0.732. The highest BCUT2D eigenvalue weighted by Crippen LogP contribution is 2.31. The fraction of sp³-hybridized carbons (Fsp3) is 0.391. The lowest BCUT2D eigenvalue weighted by atomic mass is 10.1. The van der Waals surface area contributed by atoms with Gasteiger partial charge in [-0.3, -0.25) is 9.69 Å². The van der Waals surface area contributed by atoms with Crippen molar-refractivity contribution >= 4 is 21.8 Å². The number of likely N-dealkylation sites (tertiary alicyclic amines) is 1. The Morgan fingerprint density at radius 3 is 2.42 bits per heavy atom. The Hall–Kier alpha value is -2.71. The number of sulfonamides is 1. The summed E-state index contributed by atoms with van der Waals surface area (Å²) in [5.41, 5.74) is 1.89. The highest BCUT2D eigenvalue weighted by Gasteiger charge is 2.40. The van der Waals surface area contributed by atoms with E-state index in [1.54, 1.807) is 18.2 Å². The van der Waals surface area contributed by atoms with Crippen molar-refractivity contribution in [2.24, 2.45) is 4.40 Å². The first-order chi connectivity index (χ1) is 15.0. The molecule has 0 saturated carbocycles. The van der Waals surface area contributed by atoms with Crippen molar-refractivity contribution in [2.75, 3.05) is 32.7 Å². The topological polar surface area (TPSA) is 73.3 Å². The largest absolute Gasteiger partial charge is 0.343 e. The number of hydrogen-bond donors (Lipinski definition) is 0. The van der Waals surface area contributed by atoms with Crippen LogP contribution in [-0.4, -0.2) is 73.6 Å². The van der Waals surface area contributed by atoms with Gasteiger partial charge in [0.15, 0.2) is 5.84 Å². The maximum Gasteiger partial charge on any atom is 0.285 e. The zero-order valence-corrected chi connectivity index (χ0v) is 18.2. The van der Waals surface area contributed by atoms with E-state index in [4.69, 9.17) is 0 Å². The standard InChI is InChI=1S/C23H26N4O3S/c28-23(26-15-13-25(14-16-26)17-18-7-2-1-3-8-18)20-10-6-12-27(20)22-19-9-4-5-11-21(19)31(29,30)24-22/h1-5,7-9,11,20H,6,10,12-17H2/t20-/m0/s1. The van der Waals surface area contributed by atoms with Gasteiger partial charge in [-0.15, -0.1) is 4.40 Å². The first-order valence-corrected chi connectivity index (χ1v) is 12.2. The molecule has 3 aliphatic rings.